The molecule has 1 aromatic carbocycles. The van der Waals surface area contributed by atoms with Crippen LogP contribution in [0.2, 0.25) is 0 Å². The molecule has 2 N–H and O–H groups in total. The number of carbonyl (C=O) groups excluding carboxylic acids is 2. The molecule has 1 aromatic rings. The molecule has 0 bridgehead atoms. The Morgan fingerprint density at radius 3 is 2.54 bits per heavy atom. The van der Waals surface area contributed by atoms with E-state index < -0.39 is 23.7 Å². The van der Waals surface area contributed by atoms with E-state index in [-0.39, 0.29) is 13.0 Å². The number of nitrogens with one attached hydrogen (secondary N) is 2. The van der Waals surface area contributed by atoms with Crippen LogP contribution in [0.15, 0.2) is 43.0 Å². The number of hydroxylamine groups is 1. The molecule has 0 heterocycles. The number of hydrogen-bond donors (Lipinski definition) is 2. The molecular formula is C19H28N2O5. The van der Waals surface area contributed by atoms with Crippen LogP contribution in [0.25, 0.3) is 0 Å². The molecule has 7 heteroatoms. The zero-order valence-corrected chi connectivity index (χ0v) is 15.6. The van der Waals surface area contributed by atoms with Gasteiger partial charge in [0.25, 0.3) is 0 Å². The molecule has 0 aliphatic rings. The molecule has 0 unspecified atom stereocenters. The molecule has 0 aromatic heterocycles. The van der Waals surface area contributed by atoms with Crippen molar-refractivity contribution in [2.45, 2.75) is 45.4 Å². The molecule has 0 saturated carbocycles. The third-order valence-corrected chi connectivity index (χ3v) is 3.04. The van der Waals surface area contributed by atoms with Gasteiger partial charge in [-0.25, -0.2) is 15.1 Å². The summed E-state index contributed by atoms with van der Waals surface area (Å²) in [5.41, 5.74) is 3.14. The van der Waals surface area contributed by atoms with Gasteiger partial charge in [0.1, 0.15) is 18.2 Å². The lowest BCUT2D eigenvalue weighted by atomic mass is 10.2. The van der Waals surface area contributed by atoms with E-state index >= 15 is 0 Å². The molecule has 0 aliphatic heterocycles. The molecule has 0 fully saturated rings. The Kier molecular flexibility index (Phi) is 9.40. The van der Waals surface area contributed by atoms with Crippen LogP contribution in [0.1, 0.15) is 32.8 Å². The van der Waals surface area contributed by atoms with Crippen LogP contribution in [0.4, 0.5) is 4.79 Å². The van der Waals surface area contributed by atoms with E-state index in [4.69, 9.17) is 14.3 Å². The van der Waals surface area contributed by atoms with Gasteiger partial charge >= 0.3 is 12.1 Å². The Labute approximate surface area is 154 Å². The van der Waals surface area contributed by atoms with Crippen molar-refractivity contribution >= 4 is 12.1 Å². The molecule has 0 aliphatic carbocycles. The first-order valence-corrected chi connectivity index (χ1v) is 8.47. The van der Waals surface area contributed by atoms with Crippen LogP contribution in [0.3, 0.4) is 0 Å². The van der Waals surface area contributed by atoms with Crippen LogP contribution in [-0.4, -0.2) is 36.9 Å². The summed E-state index contributed by atoms with van der Waals surface area (Å²) < 4.78 is 10.2. The van der Waals surface area contributed by atoms with E-state index in [0.29, 0.717) is 13.2 Å². The van der Waals surface area contributed by atoms with Crippen molar-refractivity contribution in [3.63, 3.8) is 0 Å². The summed E-state index contributed by atoms with van der Waals surface area (Å²) in [6.45, 7) is 9.55. The summed E-state index contributed by atoms with van der Waals surface area (Å²) in [6.07, 6.45) is 1.07. The van der Waals surface area contributed by atoms with Crippen molar-refractivity contribution < 1.29 is 23.9 Å². The zero-order chi connectivity index (χ0) is 19.4. The Morgan fingerprint density at radius 1 is 1.23 bits per heavy atom. The second kappa shape index (κ2) is 11.3. The van der Waals surface area contributed by atoms with Crippen molar-refractivity contribution in [2.75, 3.05) is 13.2 Å². The highest BCUT2D eigenvalue weighted by Crippen LogP contribution is 2.07. The van der Waals surface area contributed by atoms with E-state index in [1.807, 2.05) is 30.3 Å². The number of hydrogen-bond acceptors (Lipinski definition) is 6. The molecule has 26 heavy (non-hydrogen) atoms. The number of carbonyl (C=O) groups is 2. The third kappa shape index (κ3) is 9.80. The molecule has 0 radical (unpaired) electrons. The fourth-order valence-corrected chi connectivity index (χ4v) is 1.92. The van der Waals surface area contributed by atoms with Crippen molar-refractivity contribution in [1.29, 1.82) is 0 Å². The SMILES string of the molecule is C=CCOC(=O)[C@H](CCNOCc1ccccc1)NC(=O)OC(C)(C)C. The van der Waals surface area contributed by atoms with Gasteiger partial charge in [0.15, 0.2) is 0 Å². The molecule has 1 amide bonds. The van der Waals surface area contributed by atoms with Crippen LogP contribution < -0.4 is 10.8 Å². The molecule has 1 rings (SSSR count). The Bertz CT molecular complexity index is 569. The first-order chi connectivity index (χ1) is 12.3. The Hall–Kier alpha value is -2.38. The van der Waals surface area contributed by atoms with Crippen LogP contribution in [0.5, 0.6) is 0 Å². The Morgan fingerprint density at radius 2 is 1.92 bits per heavy atom. The minimum Gasteiger partial charge on any atom is -0.460 e. The summed E-state index contributed by atoms with van der Waals surface area (Å²) >= 11 is 0. The van der Waals surface area contributed by atoms with E-state index in [1.165, 1.54) is 6.08 Å². The lowest BCUT2D eigenvalue weighted by Gasteiger charge is -2.23. The maximum atomic E-state index is 12.1. The summed E-state index contributed by atoms with van der Waals surface area (Å²) in [6, 6.07) is 8.82. The van der Waals surface area contributed by atoms with E-state index in [1.54, 1.807) is 20.8 Å². The first kappa shape index (κ1) is 21.7. The van der Waals surface area contributed by atoms with Crippen LogP contribution in [-0.2, 0) is 25.7 Å². The highest BCUT2D eigenvalue weighted by Gasteiger charge is 2.25. The van der Waals surface area contributed by atoms with Gasteiger partial charge in [0, 0.05) is 6.54 Å². The number of benzene rings is 1. The number of esters is 1. The van der Waals surface area contributed by atoms with E-state index in [9.17, 15) is 9.59 Å². The van der Waals surface area contributed by atoms with Crippen molar-refractivity contribution in [1.82, 2.24) is 10.8 Å². The van der Waals surface area contributed by atoms with Crippen molar-refractivity contribution in [3.8, 4) is 0 Å². The maximum absolute atomic E-state index is 12.1. The lowest BCUT2D eigenvalue weighted by Crippen LogP contribution is -2.45. The average Bonchev–Trinajstić information content (AvgIpc) is 2.57. The minimum atomic E-state index is -0.849. The highest BCUT2D eigenvalue weighted by molar-refractivity contribution is 5.81. The zero-order valence-electron chi connectivity index (χ0n) is 15.6. The second-order valence-electron chi connectivity index (χ2n) is 6.57. The fourth-order valence-electron chi connectivity index (χ4n) is 1.92. The fraction of sp³-hybridized carbons (Fsp3) is 0.474. The predicted molar refractivity (Wildman–Crippen MR) is 98.2 cm³/mol. The summed E-state index contributed by atoms with van der Waals surface area (Å²) in [4.78, 5) is 29.3. The lowest BCUT2D eigenvalue weighted by molar-refractivity contribution is -0.145. The van der Waals surface area contributed by atoms with Gasteiger partial charge in [-0.05, 0) is 32.8 Å². The molecule has 0 spiro atoms. The quantitative estimate of drug-likeness (QED) is 0.287. The monoisotopic (exact) mass is 364 g/mol. The topological polar surface area (TPSA) is 85.9 Å². The van der Waals surface area contributed by atoms with Gasteiger partial charge in [0.2, 0.25) is 0 Å². The van der Waals surface area contributed by atoms with E-state index in [2.05, 4.69) is 17.4 Å². The molecule has 0 saturated heterocycles. The van der Waals surface area contributed by atoms with Gasteiger partial charge in [-0.1, -0.05) is 43.0 Å². The van der Waals surface area contributed by atoms with Crippen LogP contribution in [0, 0.1) is 0 Å². The predicted octanol–water partition coefficient (Wildman–Crippen LogP) is 2.72. The average molecular weight is 364 g/mol. The molecular weight excluding hydrogens is 336 g/mol. The number of amides is 1. The van der Waals surface area contributed by atoms with Gasteiger partial charge in [0.05, 0.1) is 6.61 Å². The minimum absolute atomic E-state index is 0.0727. The summed E-state index contributed by atoms with van der Waals surface area (Å²) in [7, 11) is 0. The third-order valence-electron chi connectivity index (χ3n) is 3.04. The number of rotatable bonds is 10. The summed E-state index contributed by atoms with van der Waals surface area (Å²) in [5, 5.41) is 2.53. The normalized spacial score (nSPS) is 12.1. The van der Waals surface area contributed by atoms with Crippen LogP contribution >= 0.6 is 0 Å². The van der Waals surface area contributed by atoms with Crippen molar-refractivity contribution in [2.24, 2.45) is 0 Å². The maximum Gasteiger partial charge on any atom is 0.408 e. The van der Waals surface area contributed by atoms with Crippen molar-refractivity contribution in [3.05, 3.63) is 48.6 Å². The second-order valence-corrected chi connectivity index (χ2v) is 6.57. The molecule has 1 atom stereocenters. The summed E-state index contributed by atoms with van der Waals surface area (Å²) in [5.74, 6) is -0.555. The molecule has 7 nitrogen and oxygen atoms in total. The van der Waals surface area contributed by atoms with Gasteiger partial charge < -0.3 is 14.8 Å². The van der Waals surface area contributed by atoms with Gasteiger partial charge in [-0.2, -0.15) is 0 Å². The largest absolute Gasteiger partial charge is 0.460 e. The number of alkyl carbamates (subject to hydrolysis) is 1. The number of ether oxygens (including phenoxy) is 2. The first-order valence-electron chi connectivity index (χ1n) is 8.47. The Balaban J connectivity index is 2.44. The van der Waals surface area contributed by atoms with E-state index in [0.717, 1.165) is 5.56 Å². The van der Waals surface area contributed by atoms with Gasteiger partial charge in [-0.3, -0.25) is 4.84 Å². The smallest absolute Gasteiger partial charge is 0.408 e. The molecule has 144 valence electrons. The van der Waals surface area contributed by atoms with Gasteiger partial charge in [-0.15, -0.1) is 0 Å². The highest BCUT2D eigenvalue weighted by atomic mass is 16.6. The standard InChI is InChI=1S/C19H28N2O5/c1-5-13-24-17(22)16(21-18(23)26-19(2,3)4)11-12-20-25-14-15-9-7-6-8-10-15/h5-10,16,20H,1,11-14H2,2-4H3,(H,21,23)/t16-/m0/s1.